The van der Waals surface area contributed by atoms with Crippen molar-refractivity contribution in [1.82, 2.24) is 0 Å². The fourth-order valence-electron chi connectivity index (χ4n) is 1.44. The molecule has 1 aromatic carbocycles. The van der Waals surface area contributed by atoms with Crippen LogP contribution in [0, 0.1) is 12.7 Å². The van der Waals surface area contributed by atoms with Crippen molar-refractivity contribution >= 4 is 0 Å². The van der Waals surface area contributed by atoms with Gasteiger partial charge in [0.15, 0.2) is 0 Å². The summed E-state index contributed by atoms with van der Waals surface area (Å²) >= 11 is 0. The molecule has 14 heavy (non-hydrogen) atoms. The number of hydrogen-bond acceptors (Lipinski definition) is 1. The molecule has 1 nitrogen and oxygen atoms in total. The summed E-state index contributed by atoms with van der Waals surface area (Å²) in [5, 5.41) is 0. The summed E-state index contributed by atoms with van der Waals surface area (Å²) in [5.41, 5.74) is 1.74. The highest BCUT2D eigenvalue weighted by atomic mass is 19.1. The van der Waals surface area contributed by atoms with Gasteiger partial charge in [-0.1, -0.05) is 18.2 Å². The Kier molecular flexibility index (Phi) is 2.35. The maximum atomic E-state index is 13.3. The molecule has 0 bridgehead atoms. The second-order valence-corrected chi connectivity index (χ2v) is 3.27. The van der Waals surface area contributed by atoms with Gasteiger partial charge in [0.2, 0.25) is 0 Å². The molecule has 2 heteroatoms. The number of halogens is 1. The Hall–Kier alpha value is -1.57. The van der Waals surface area contributed by atoms with Gasteiger partial charge in [0.05, 0.1) is 6.26 Å². The molecule has 0 unspecified atom stereocenters. The van der Waals surface area contributed by atoms with Crippen molar-refractivity contribution in [1.29, 1.82) is 0 Å². The van der Waals surface area contributed by atoms with Crippen LogP contribution in [0.5, 0.6) is 0 Å². The zero-order valence-electron chi connectivity index (χ0n) is 7.96. The van der Waals surface area contributed by atoms with E-state index in [2.05, 4.69) is 0 Å². The first kappa shape index (κ1) is 9.00. The molecule has 0 fully saturated rings. The van der Waals surface area contributed by atoms with Crippen LogP contribution in [0.15, 0.2) is 41.0 Å². The van der Waals surface area contributed by atoms with Crippen LogP contribution in [0.3, 0.4) is 0 Å². The number of benzene rings is 1. The molecule has 2 aromatic rings. The molecule has 0 aliphatic rings. The lowest BCUT2D eigenvalue weighted by atomic mass is 10.1. The standard InChI is InChI=1S/C12H11FO/c1-9-10(6-7-14-9)8-11-4-2-3-5-12(11)13/h2-7H,8H2,1H3. The van der Waals surface area contributed by atoms with Gasteiger partial charge in [0.1, 0.15) is 11.6 Å². The quantitative estimate of drug-likeness (QED) is 0.708. The second kappa shape index (κ2) is 3.66. The van der Waals surface area contributed by atoms with E-state index < -0.39 is 0 Å². The van der Waals surface area contributed by atoms with E-state index in [0.29, 0.717) is 12.0 Å². The molecule has 0 aliphatic carbocycles. The third-order valence-corrected chi connectivity index (χ3v) is 2.30. The topological polar surface area (TPSA) is 13.1 Å². The van der Waals surface area contributed by atoms with Gasteiger partial charge in [0, 0.05) is 6.42 Å². The zero-order valence-corrected chi connectivity index (χ0v) is 7.96. The first-order valence-corrected chi connectivity index (χ1v) is 4.54. The molecule has 1 heterocycles. The average Bonchev–Trinajstić information content (AvgIpc) is 2.56. The van der Waals surface area contributed by atoms with Crippen molar-refractivity contribution in [3.63, 3.8) is 0 Å². The summed E-state index contributed by atoms with van der Waals surface area (Å²) < 4.78 is 18.4. The molecule has 0 amide bonds. The fraction of sp³-hybridized carbons (Fsp3) is 0.167. The minimum absolute atomic E-state index is 0.159. The third kappa shape index (κ3) is 1.69. The van der Waals surface area contributed by atoms with Gasteiger partial charge in [0.25, 0.3) is 0 Å². The largest absolute Gasteiger partial charge is 0.469 e. The van der Waals surface area contributed by atoms with Gasteiger partial charge in [-0.05, 0) is 30.2 Å². The molecule has 72 valence electrons. The van der Waals surface area contributed by atoms with E-state index in [-0.39, 0.29) is 5.82 Å². The molecule has 2 rings (SSSR count). The molecular formula is C12H11FO. The minimum atomic E-state index is -0.159. The van der Waals surface area contributed by atoms with Gasteiger partial charge in [-0.2, -0.15) is 0 Å². The smallest absolute Gasteiger partial charge is 0.126 e. The molecule has 0 atom stereocenters. The second-order valence-electron chi connectivity index (χ2n) is 3.27. The highest BCUT2D eigenvalue weighted by Crippen LogP contribution is 2.16. The summed E-state index contributed by atoms with van der Waals surface area (Å²) in [4.78, 5) is 0. The molecule has 0 N–H and O–H groups in total. The SMILES string of the molecule is Cc1occc1Cc1ccccc1F. The summed E-state index contributed by atoms with van der Waals surface area (Å²) in [7, 11) is 0. The summed E-state index contributed by atoms with van der Waals surface area (Å²) in [6.07, 6.45) is 2.22. The molecule has 0 spiro atoms. The highest BCUT2D eigenvalue weighted by molar-refractivity contribution is 5.27. The molecule has 0 saturated carbocycles. The van der Waals surface area contributed by atoms with E-state index >= 15 is 0 Å². The number of rotatable bonds is 2. The molecule has 0 radical (unpaired) electrons. The third-order valence-electron chi connectivity index (χ3n) is 2.30. The van der Waals surface area contributed by atoms with Crippen molar-refractivity contribution in [3.8, 4) is 0 Å². The van der Waals surface area contributed by atoms with E-state index in [1.807, 2.05) is 19.1 Å². The summed E-state index contributed by atoms with van der Waals surface area (Å²) in [5.74, 6) is 0.696. The predicted molar refractivity (Wildman–Crippen MR) is 52.7 cm³/mol. The summed E-state index contributed by atoms with van der Waals surface area (Å²) in [6, 6.07) is 8.68. The van der Waals surface area contributed by atoms with Crippen LogP contribution in [0.1, 0.15) is 16.9 Å². The van der Waals surface area contributed by atoms with E-state index in [4.69, 9.17) is 4.42 Å². The normalized spacial score (nSPS) is 10.4. The van der Waals surface area contributed by atoms with Crippen molar-refractivity contribution in [3.05, 3.63) is 59.3 Å². The first-order chi connectivity index (χ1) is 6.77. The highest BCUT2D eigenvalue weighted by Gasteiger charge is 2.05. The lowest BCUT2D eigenvalue weighted by Crippen LogP contribution is -1.91. The van der Waals surface area contributed by atoms with Crippen LogP contribution in [0.2, 0.25) is 0 Å². The molecule has 0 aliphatic heterocycles. The first-order valence-electron chi connectivity index (χ1n) is 4.54. The average molecular weight is 190 g/mol. The van der Waals surface area contributed by atoms with Crippen molar-refractivity contribution in [2.45, 2.75) is 13.3 Å². The molecule has 1 aromatic heterocycles. The van der Waals surface area contributed by atoms with Gasteiger partial charge in [-0.15, -0.1) is 0 Å². The Balaban J connectivity index is 2.28. The van der Waals surface area contributed by atoms with Crippen LogP contribution in [0.4, 0.5) is 4.39 Å². The molecular weight excluding hydrogens is 179 g/mol. The van der Waals surface area contributed by atoms with E-state index in [0.717, 1.165) is 11.3 Å². The van der Waals surface area contributed by atoms with Crippen LogP contribution in [0.25, 0.3) is 0 Å². The van der Waals surface area contributed by atoms with Crippen LogP contribution in [-0.4, -0.2) is 0 Å². The van der Waals surface area contributed by atoms with E-state index in [9.17, 15) is 4.39 Å². The Morgan fingerprint density at radius 3 is 2.57 bits per heavy atom. The van der Waals surface area contributed by atoms with Crippen LogP contribution < -0.4 is 0 Å². The monoisotopic (exact) mass is 190 g/mol. The van der Waals surface area contributed by atoms with Gasteiger partial charge in [-0.3, -0.25) is 0 Å². The zero-order chi connectivity index (χ0) is 9.97. The summed E-state index contributed by atoms with van der Waals surface area (Å²) in [6.45, 7) is 1.89. The van der Waals surface area contributed by atoms with Gasteiger partial charge < -0.3 is 4.42 Å². The Labute approximate surface area is 82.2 Å². The van der Waals surface area contributed by atoms with E-state index in [1.165, 1.54) is 6.07 Å². The van der Waals surface area contributed by atoms with Gasteiger partial charge in [-0.25, -0.2) is 4.39 Å². The lowest BCUT2D eigenvalue weighted by molar-refractivity contribution is 0.530. The van der Waals surface area contributed by atoms with Crippen molar-refractivity contribution in [2.24, 2.45) is 0 Å². The Morgan fingerprint density at radius 1 is 1.14 bits per heavy atom. The maximum Gasteiger partial charge on any atom is 0.126 e. The fourth-order valence-corrected chi connectivity index (χ4v) is 1.44. The molecule has 0 saturated heterocycles. The van der Waals surface area contributed by atoms with Gasteiger partial charge >= 0.3 is 0 Å². The maximum absolute atomic E-state index is 13.3. The van der Waals surface area contributed by atoms with Crippen LogP contribution >= 0.6 is 0 Å². The number of hydrogen-bond donors (Lipinski definition) is 0. The van der Waals surface area contributed by atoms with E-state index in [1.54, 1.807) is 18.4 Å². The van der Waals surface area contributed by atoms with Crippen LogP contribution in [-0.2, 0) is 6.42 Å². The lowest BCUT2D eigenvalue weighted by Gasteiger charge is -2.01. The Bertz CT molecular complexity index is 431. The minimum Gasteiger partial charge on any atom is -0.469 e. The van der Waals surface area contributed by atoms with Crippen molar-refractivity contribution in [2.75, 3.05) is 0 Å². The predicted octanol–water partition coefficient (Wildman–Crippen LogP) is 3.32. The van der Waals surface area contributed by atoms with Crippen molar-refractivity contribution < 1.29 is 8.81 Å². The Morgan fingerprint density at radius 2 is 1.93 bits per heavy atom. The number of furan rings is 1. The number of aryl methyl sites for hydroxylation is 1.